The second-order valence-corrected chi connectivity index (χ2v) is 5.49. The van der Waals surface area contributed by atoms with Crippen molar-refractivity contribution >= 4 is 17.7 Å². The molecular formula is C13H21N3OS. The summed E-state index contributed by atoms with van der Waals surface area (Å²) >= 11 is 1.48. The Morgan fingerprint density at radius 3 is 2.72 bits per heavy atom. The van der Waals surface area contributed by atoms with E-state index in [1.54, 1.807) is 6.20 Å². The molecule has 0 saturated carbocycles. The van der Waals surface area contributed by atoms with Crippen molar-refractivity contribution in [3.8, 4) is 0 Å². The van der Waals surface area contributed by atoms with Gasteiger partial charge < -0.3 is 11.1 Å². The highest BCUT2D eigenvalue weighted by Gasteiger charge is 2.07. The van der Waals surface area contributed by atoms with Crippen LogP contribution in [0.15, 0.2) is 23.2 Å². The van der Waals surface area contributed by atoms with Crippen LogP contribution in [-0.4, -0.2) is 22.7 Å². The molecule has 0 aromatic carbocycles. The molecule has 1 atom stereocenters. The lowest BCUT2D eigenvalue weighted by atomic mass is 10.1. The zero-order valence-electron chi connectivity index (χ0n) is 11.1. The van der Waals surface area contributed by atoms with Gasteiger partial charge in [-0.3, -0.25) is 9.78 Å². The van der Waals surface area contributed by atoms with E-state index in [4.69, 9.17) is 5.73 Å². The largest absolute Gasteiger partial charge is 0.353 e. The Morgan fingerprint density at radius 1 is 1.50 bits per heavy atom. The number of nitrogens with two attached hydrogens (primary N) is 1. The Morgan fingerprint density at radius 2 is 2.22 bits per heavy atom. The first-order valence-electron chi connectivity index (χ1n) is 6.16. The summed E-state index contributed by atoms with van der Waals surface area (Å²) in [4.78, 5) is 16.8. The Labute approximate surface area is 113 Å². The maximum absolute atomic E-state index is 11.5. The van der Waals surface area contributed by atoms with E-state index >= 15 is 0 Å². The van der Waals surface area contributed by atoms with Gasteiger partial charge in [0.05, 0.1) is 11.4 Å². The fraction of sp³-hybridized carbons (Fsp3) is 0.538. The topological polar surface area (TPSA) is 68.0 Å². The van der Waals surface area contributed by atoms with Crippen LogP contribution < -0.4 is 11.1 Å². The lowest BCUT2D eigenvalue weighted by Crippen LogP contribution is -2.31. The van der Waals surface area contributed by atoms with E-state index in [2.05, 4.69) is 10.3 Å². The lowest BCUT2D eigenvalue weighted by molar-refractivity contribution is -0.119. The van der Waals surface area contributed by atoms with Crippen molar-refractivity contribution in [2.75, 3.05) is 5.75 Å². The van der Waals surface area contributed by atoms with Gasteiger partial charge in [-0.2, -0.15) is 0 Å². The minimum atomic E-state index is -0.00621. The maximum Gasteiger partial charge on any atom is 0.230 e. The van der Waals surface area contributed by atoms with Crippen LogP contribution in [0, 0.1) is 0 Å². The molecule has 1 rings (SSSR count). The van der Waals surface area contributed by atoms with Crippen LogP contribution in [0.4, 0.5) is 0 Å². The standard InChI is InChI=1S/C13H21N3OS/c1-4-11(14)12-6-5-10(7-15-12)18-8-13(17)16-9(2)3/h5-7,9,11H,4,8,14H2,1-3H3,(H,16,17)/t11-/m0/s1. The summed E-state index contributed by atoms with van der Waals surface area (Å²) in [5.41, 5.74) is 6.78. The number of thioether (sulfide) groups is 1. The monoisotopic (exact) mass is 267 g/mol. The van der Waals surface area contributed by atoms with Crippen molar-refractivity contribution in [1.29, 1.82) is 0 Å². The number of amides is 1. The van der Waals surface area contributed by atoms with Crippen LogP contribution in [0.25, 0.3) is 0 Å². The minimum absolute atomic E-state index is 0.00621. The van der Waals surface area contributed by atoms with E-state index in [1.807, 2.05) is 32.9 Å². The Kier molecular flexibility index (Phi) is 6.15. The number of hydrogen-bond acceptors (Lipinski definition) is 4. The third-order valence-corrected chi connectivity index (χ3v) is 3.38. The van der Waals surface area contributed by atoms with Crippen LogP contribution in [0.5, 0.6) is 0 Å². The van der Waals surface area contributed by atoms with Gasteiger partial charge in [-0.25, -0.2) is 0 Å². The zero-order chi connectivity index (χ0) is 13.5. The van der Waals surface area contributed by atoms with Gasteiger partial charge >= 0.3 is 0 Å². The summed E-state index contributed by atoms with van der Waals surface area (Å²) in [5.74, 6) is 0.461. The average molecular weight is 267 g/mol. The predicted octanol–water partition coefficient (Wildman–Crippen LogP) is 2.11. The van der Waals surface area contributed by atoms with Gasteiger partial charge in [0.25, 0.3) is 0 Å². The number of pyridine rings is 1. The van der Waals surface area contributed by atoms with Gasteiger partial charge in [0, 0.05) is 23.2 Å². The highest BCUT2D eigenvalue weighted by Crippen LogP contribution is 2.19. The summed E-state index contributed by atoms with van der Waals surface area (Å²) in [5, 5.41) is 2.85. The van der Waals surface area contributed by atoms with Crippen LogP contribution in [0.3, 0.4) is 0 Å². The SMILES string of the molecule is CC[C@H](N)c1ccc(SCC(=O)NC(C)C)cn1. The molecule has 1 heterocycles. The molecule has 0 bridgehead atoms. The number of hydrogen-bond donors (Lipinski definition) is 2. The van der Waals surface area contributed by atoms with Gasteiger partial charge in [-0.05, 0) is 32.4 Å². The molecule has 18 heavy (non-hydrogen) atoms. The highest BCUT2D eigenvalue weighted by atomic mass is 32.2. The molecule has 0 radical (unpaired) electrons. The average Bonchev–Trinajstić information content (AvgIpc) is 2.35. The van der Waals surface area contributed by atoms with Crippen LogP contribution in [0.2, 0.25) is 0 Å². The van der Waals surface area contributed by atoms with Gasteiger partial charge in [0.1, 0.15) is 0 Å². The Balaban J connectivity index is 2.46. The number of carbonyl (C=O) groups excluding carboxylic acids is 1. The van der Waals surface area contributed by atoms with Gasteiger partial charge in [-0.1, -0.05) is 6.92 Å². The number of nitrogens with one attached hydrogen (secondary N) is 1. The molecule has 0 unspecified atom stereocenters. The van der Waals surface area contributed by atoms with Crippen LogP contribution >= 0.6 is 11.8 Å². The van der Waals surface area contributed by atoms with Crippen LogP contribution in [-0.2, 0) is 4.79 Å². The summed E-state index contributed by atoms with van der Waals surface area (Å²) in [7, 11) is 0. The zero-order valence-corrected chi connectivity index (χ0v) is 12.0. The predicted molar refractivity (Wildman–Crippen MR) is 75.5 cm³/mol. The molecule has 1 amide bonds. The molecule has 0 saturated heterocycles. The number of nitrogens with zero attached hydrogens (tertiary/aromatic N) is 1. The minimum Gasteiger partial charge on any atom is -0.353 e. The Hall–Kier alpha value is -1.07. The molecular weight excluding hydrogens is 246 g/mol. The summed E-state index contributed by atoms with van der Waals surface area (Å²) in [6, 6.07) is 4.07. The number of rotatable bonds is 6. The molecule has 0 fully saturated rings. The van der Waals surface area contributed by atoms with Crippen molar-refractivity contribution in [3.63, 3.8) is 0 Å². The van der Waals surface area contributed by atoms with Crippen molar-refractivity contribution in [2.24, 2.45) is 5.73 Å². The molecule has 0 aliphatic rings. The van der Waals surface area contributed by atoms with Gasteiger partial charge in [-0.15, -0.1) is 11.8 Å². The van der Waals surface area contributed by atoms with E-state index in [0.29, 0.717) is 5.75 Å². The molecule has 4 nitrogen and oxygen atoms in total. The summed E-state index contributed by atoms with van der Waals surface area (Å²) in [6.45, 7) is 5.93. The second-order valence-electron chi connectivity index (χ2n) is 4.44. The quantitative estimate of drug-likeness (QED) is 0.775. The highest BCUT2D eigenvalue weighted by molar-refractivity contribution is 8.00. The summed E-state index contributed by atoms with van der Waals surface area (Å²) < 4.78 is 0. The third kappa shape index (κ3) is 5.06. The second kappa shape index (κ2) is 7.38. The first-order chi connectivity index (χ1) is 8.52. The van der Waals surface area contributed by atoms with Gasteiger partial charge in [0.2, 0.25) is 5.91 Å². The van der Waals surface area contributed by atoms with Crippen molar-refractivity contribution in [3.05, 3.63) is 24.0 Å². The fourth-order valence-corrected chi connectivity index (χ4v) is 2.09. The lowest BCUT2D eigenvalue weighted by Gasteiger charge is -2.09. The molecule has 3 N–H and O–H groups in total. The molecule has 1 aromatic rings. The molecule has 5 heteroatoms. The molecule has 0 aliphatic heterocycles. The van der Waals surface area contributed by atoms with E-state index in [1.165, 1.54) is 11.8 Å². The fourth-order valence-electron chi connectivity index (χ4n) is 1.42. The molecule has 1 aromatic heterocycles. The molecule has 100 valence electrons. The number of aromatic nitrogens is 1. The van der Waals surface area contributed by atoms with E-state index in [9.17, 15) is 4.79 Å². The smallest absolute Gasteiger partial charge is 0.230 e. The van der Waals surface area contributed by atoms with Crippen molar-refractivity contribution < 1.29 is 4.79 Å². The maximum atomic E-state index is 11.5. The first kappa shape index (κ1) is 15.0. The van der Waals surface area contributed by atoms with E-state index in [0.717, 1.165) is 17.0 Å². The summed E-state index contributed by atoms with van der Waals surface area (Å²) in [6.07, 6.45) is 2.65. The van der Waals surface area contributed by atoms with Crippen molar-refractivity contribution in [2.45, 2.75) is 44.2 Å². The molecule has 0 spiro atoms. The third-order valence-electron chi connectivity index (χ3n) is 2.40. The number of carbonyl (C=O) groups is 1. The first-order valence-corrected chi connectivity index (χ1v) is 7.15. The van der Waals surface area contributed by atoms with Gasteiger partial charge in [0.15, 0.2) is 0 Å². The van der Waals surface area contributed by atoms with Crippen LogP contribution in [0.1, 0.15) is 38.9 Å². The normalized spacial score (nSPS) is 12.5. The van der Waals surface area contributed by atoms with Crippen molar-refractivity contribution in [1.82, 2.24) is 10.3 Å². The Bertz CT molecular complexity index is 378. The van der Waals surface area contributed by atoms with E-state index < -0.39 is 0 Å². The van der Waals surface area contributed by atoms with E-state index in [-0.39, 0.29) is 18.0 Å². The molecule has 0 aliphatic carbocycles.